The summed E-state index contributed by atoms with van der Waals surface area (Å²) >= 11 is 2.34. The van der Waals surface area contributed by atoms with Gasteiger partial charge in [-0.25, -0.2) is 0 Å². The fourth-order valence-electron chi connectivity index (χ4n) is 4.17. The van der Waals surface area contributed by atoms with Crippen molar-refractivity contribution in [2.24, 2.45) is 0 Å². The van der Waals surface area contributed by atoms with Crippen molar-refractivity contribution in [1.29, 1.82) is 0 Å². The molecule has 0 saturated heterocycles. The van der Waals surface area contributed by atoms with Gasteiger partial charge in [0.05, 0.1) is 0 Å². The minimum Gasteiger partial charge on any atom is -1.00 e. The molecule has 0 aliphatic heterocycles. The predicted octanol–water partition coefficient (Wildman–Crippen LogP) is -2.28. The van der Waals surface area contributed by atoms with Crippen LogP contribution in [0.25, 0.3) is 0 Å². The van der Waals surface area contributed by atoms with E-state index >= 15 is 0 Å². The molecule has 148 valence electrons. The second-order valence-corrected chi connectivity index (χ2v) is 7.66. The van der Waals surface area contributed by atoms with E-state index in [2.05, 4.69) is 101 Å². The van der Waals surface area contributed by atoms with E-state index in [1.165, 1.54) is 39.8 Å². The Labute approximate surface area is 200 Å². The summed E-state index contributed by atoms with van der Waals surface area (Å²) in [6, 6.07) is 22.3. The van der Waals surface area contributed by atoms with Crippen LogP contribution in [0.5, 0.6) is 0 Å². The van der Waals surface area contributed by atoms with Crippen molar-refractivity contribution in [1.82, 2.24) is 0 Å². The number of unbranched alkanes of at least 4 members (excludes halogenated alkanes) is 1. The fraction of sp³-hybridized carbons (Fsp3) is 0.333. The average Bonchev–Trinajstić information content (AvgIpc) is 3.05. The Kier molecular flexibility index (Phi) is 12.7. The van der Waals surface area contributed by atoms with Gasteiger partial charge in [0, 0.05) is 0 Å². The number of rotatable bonds is 7. The molecule has 1 aliphatic carbocycles. The van der Waals surface area contributed by atoms with Gasteiger partial charge in [0.1, 0.15) is 0 Å². The van der Waals surface area contributed by atoms with Crippen LogP contribution in [0.2, 0.25) is 0 Å². The van der Waals surface area contributed by atoms with E-state index in [0.717, 1.165) is 12.8 Å². The zero-order chi connectivity index (χ0) is 17.7. The molecule has 0 radical (unpaired) electrons. The van der Waals surface area contributed by atoms with Crippen LogP contribution in [0.1, 0.15) is 57.1 Å². The van der Waals surface area contributed by atoms with Gasteiger partial charge in [-0.05, 0) is 0 Å². The maximum absolute atomic E-state index is 2.46. The zero-order valence-corrected chi connectivity index (χ0v) is 20.3. The topological polar surface area (TPSA) is 0 Å². The largest absolute Gasteiger partial charge is 1.00 e. The smallest absolute Gasteiger partial charge is 1.00 e. The van der Waals surface area contributed by atoms with Crippen LogP contribution in [0.4, 0.5) is 0 Å². The third-order valence-corrected chi connectivity index (χ3v) is 6.48. The molecule has 0 amide bonds. The van der Waals surface area contributed by atoms with Gasteiger partial charge in [0.15, 0.2) is 0 Å². The molecule has 3 rings (SSSR count). The molecule has 0 atom stereocenters. The monoisotopic (exact) mass is 468 g/mol. The summed E-state index contributed by atoms with van der Waals surface area (Å²) in [6.07, 6.45) is 8.31. The van der Waals surface area contributed by atoms with Crippen LogP contribution in [0.15, 0.2) is 81.8 Å². The molecule has 1 aliphatic rings. The molecule has 0 nitrogen and oxygen atoms in total. The predicted molar refractivity (Wildman–Crippen MR) is 103 cm³/mol. The first-order valence-corrected chi connectivity index (χ1v) is 10.3. The number of benzene rings is 2. The van der Waals surface area contributed by atoms with Crippen molar-refractivity contribution in [3.63, 3.8) is 0 Å². The van der Waals surface area contributed by atoms with Crippen LogP contribution in [-0.2, 0) is 25.9 Å². The van der Waals surface area contributed by atoms with Gasteiger partial charge in [-0.3, -0.25) is 0 Å². The van der Waals surface area contributed by atoms with Crippen molar-refractivity contribution in [2.45, 2.75) is 51.4 Å². The summed E-state index contributed by atoms with van der Waals surface area (Å²) in [6.45, 7) is 4.57. The van der Waals surface area contributed by atoms with Crippen LogP contribution in [0.3, 0.4) is 0 Å². The molecule has 2 aromatic carbocycles. The van der Waals surface area contributed by atoms with Crippen molar-refractivity contribution in [3.8, 4) is 0 Å². The molecule has 0 spiro atoms. The van der Waals surface area contributed by atoms with Gasteiger partial charge >= 0.3 is 165 Å². The first-order chi connectivity index (χ1) is 12.2. The van der Waals surface area contributed by atoms with E-state index in [9.17, 15) is 0 Å². The van der Waals surface area contributed by atoms with Gasteiger partial charge in [-0.15, -0.1) is 0 Å². The maximum atomic E-state index is 2.46. The average molecular weight is 470 g/mol. The standard InChI is InChI=1S/C24H27.3ClH.Ti/c1-3-5-18-24(21-12-8-6-9-13-21,22-14-10-7-11-15-22)23-17-16-20(4-2)19-23;;;;/h6-16H,3-5,17-18H2,1-2H3;3*1H;/q;;;;+3/p-3. The van der Waals surface area contributed by atoms with E-state index in [0.29, 0.717) is 0 Å². The minimum absolute atomic E-state index is 0. The first-order valence-electron chi connectivity index (χ1n) is 9.49. The van der Waals surface area contributed by atoms with Crippen LogP contribution in [0, 0.1) is 0 Å². The molecule has 0 aromatic heterocycles. The number of halogens is 3. The second-order valence-electron chi connectivity index (χ2n) is 6.88. The van der Waals surface area contributed by atoms with Crippen molar-refractivity contribution < 1.29 is 57.7 Å². The molecule has 4 heteroatoms. The van der Waals surface area contributed by atoms with Gasteiger partial charge in [-0.1, -0.05) is 0 Å². The normalized spacial score (nSPS) is 13.2. The molecule has 0 N–H and O–H groups in total. The van der Waals surface area contributed by atoms with Crippen LogP contribution < -0.4 is 37.2 Å². The summed E-state index contributed by atoms with van der Waals surface area (Å²) in [4.78, 5) is 0. The minimum atomic E-state index is -0.00394. The Balaban J connectivity index is 0.00000243. The molecular formula is C24H27Cl3Ti. The molecule has 0 bridgehead atoms. The Morgan fingerprint density at radius 1 is 0.821 bits per heavy atom. The van der Waals surface area contributed by atoms with E-state index in [1.54, 1.807) is 5.57 Å². The summed E-state index contributed by atoms with van der Waals surface area (Å²) in [5.74, 6) is 0. The Morgan fingerprint density at radius 3 is 1.71 bits per heavy atom. The van der Waals surface area contributed by atoms with Gasteiger partial charge in [0.25, 0.3) is 0 Å². The van der Waals surface area contributed by atoms with Gasteiger partial charge < -0.3 is 37.2 Å². The summed E-state index contributed by atoms with van der Waals surface area (Å²) in [5, 5.41) is 0. The quantitative estimate of drug-likeness (QED) is 0.401. The first kappa shape index (κ1) is 27.5. The van der Waals surface area contributed by atoms with E-state index in [-0.39, 0.29) is 42.6 Å². The van der Waals surface area contributed by atoms with E-state index in [4.69, 9.17) is 0 Å². The van der Waals surface area contributed by atoms with Crippen molar-refractivity contribution >= 4 is 0 Å². The molecule has 0 heterocycles. The van der Waals surface area contributed by atoms with E-state index < -0.39 is 0 Å². The van der Waals surface area contributed by atoms with Gasteiger partial charge in [0.2, 0.25) is 0 Å². The summed E-state index contributed by atoms with van der Waals surface area (Å²) in [5.41, 5.74) is 6.01. The zero-order valence-electron chi connectivity index (χ0n) is 16.5. The maximum Gasteiger partial charge on any atom is -1.00 e. The molecule has 0 fully saturated rings. The molecule has 0 unspecified atom stereocenters. The Hall–Kier alpha value is -0.496. The van der Waals surface area contributed by atoms with Crippen LogP contribution >= 0.6 is 0 Å². The number of hydrogen-bond acceptors (Lipinski definition) is 0. The van der Waals surface area contributed by atoms with Crippen LogP contribution in [-0.4, -0.2) is 0 Å². The third-order valence-electron chi connectivity index (χ3n) is 5.51. The Morgan fingerprint density at radius 2 is 1.32 bits per heavy atom. The van der Waals surface area contributed by atoms with Crippen molar-refractivity contribution in [2.75, 3.05) is 0 Å². The van der Waals surface area contributed by atoms with E-state index in [1.807, 2.05) is 0 Å². The fourth-order valence-corrected chi connectivity index (χ4v) is 5.10. The summed E-state index contributed by atoms with van der Waals surface area (Å²) in [7, 11) is 0. The molecular weight excluding hydrogens is 442 g/mol. The van der Waals surface area contributed by atoms with Crippen molar-refractivity contribution in [3.05, 3.63) is 92.9 Å². The number of allylic oxidation sites excluding steroid dienone is 4. The molecule has 0 saturated carbocycles. The Bertz CT molecular complexity index is 727. The third kappa shape index (κ3) is 5.35. The molecule has 2 aromatic rings. The SMILES string of the molecule is CCCCC(C1=[C]([Ti+3])C(CC)=CC1)(c1ccccc1)c1ccccc1.[Cl-].[Cl-].[Cl-]. The second kappa shape index (κ2) is 12.9. The summed E-state index contributed by atoms with van der Waals surface area (Å²) < 4.78 is 1.52. The molecule has 28 heavy (non-hydrogen) atoms. The van der Waals surface area contributed by atoms with Gasteiger partial charge in [-0.2, -0.15) is 0 Å². The number of hydrogen-bond donors (Lipinski definition) is 0.